The van der Waals surface area contributed by atoms with Gasteiger partial charge in [0.1, 0.15) is 6.54 Å². The Kier molecular flexibility index (Phi) is 7.73. The van der Waals surface area contributed by atoms with E-state index in [1.807, 2.05) is 33.9 Å². The largest absolute Gasteiger partial charge is 0.341 e. The summed E-state index contributed by atoms with van der Waals surface area (Å²) in [4.78, 5) is 42.4. The van der Waals surface area contributed by atoms with Gasteiger partial charge >= 0.3 is 0 Å². The summed E-state index contributed by atoms with van der Waals surface area (Å²) in [5.74, 6) is 0.348. The Balaban J connectivity index is 1.42. The number of amides is 3. The molecule has 3 heterocycles. The molecule has 0 saturated carbocycles. The first-order valence-electron chi connectivity index (χ1n) is 11.9. The molecule has 0 spiro atoms. The van der Waals surface area contributed by atoms with Crippen LogP contribution in [0.5, 0.6) is 0 Å². The van der Waals surface area contributed by atoms with E-state index in [1.165, 1.54) is 4.90 Å². The van der Waals surface area contributed by atoms with Crippen LogP contribution in [-0.4, -0.2) is 44.5 Å². The Morgan fingerprint density at radius 2 is 1.89 bits per heavy atom. The quantitative estimate of drug-likeness (QED) is 0.283. The number of hydrogen-bond acceptors (Lipinski definition) is 4. The van der Waals surface area contributed by atoms with E-state index in [9.17, 15) is 14.4 Å². The Morgan fingerprint density at radius 3 is 2.62 bits per heavy atom. The molecule has 0 atom stereocenters. The molecule has 2 aliphatic rings. The molecule has 0 radical (unpaired) electrons. The zero-order chi connectivity index (χ0) is 26.3. The summed E-state index contributed by atoms with van der Waals surface area (Å²) in [5, 5.41) is 1.42. The number of piperidine rings is 1. The summed E-state index contributed by atoms with van der Waals surface area (Å²) < 4.78 is 2.81. The lowest BCUT2D eigenvalue weighted by Gasteiger charge is -2.30. The molecule has 2 aliphatic heterocycles. The molecule has 1 aromatic heterocycles. The van der Waals surface area contributed by atoms with Gasteiger partial charge in [-0.3, -0.25) is 19.3 Å². The van der Waals surface area contributed by atoms with Crippen molar-refractivity contribution in [2.24, 2.45) is 5.92 Å². The van der Waals surface area contributed by atoms with E-state index in [1.54, 1.807) is 24.3 Å². The van der Waals surface area contributed by atoms with E-state index in [0.29, 0.717) is 26.4 Å². The number of likely N-dealkylation sites (tertiary alicyclic amines) is 1. The Labute approximate surface area is 237 Å². The van der Waals surface area contributed by atoms with Crippen LogP contribution in [0.4, 0.5) is 4.79 Å². The molecular formula is C27H24BrCl2N3O3S. The molecule has 6 nitrogen and oxygen atoms in total. The van der Waals surface area contributed by atoms with Crippen molar-refractivity contribution >= 4 is 84.9 Å². The number of halogens is 3. The van der Waals surface area contributed by atoms with Crippen molar-refractivity contribution in [3.8, 4) is 0 Å². The molecule has 0 unspecified atom stereocenters. The monoisotopic (exact) mass is 619 g/mol. The third-order valence-corrected chi connectivity index (χ3v) is 8.81. The van der Waals surface area contributed by atoms with Crippen LogP contribution >= 0.6 is 50.9 Å². The normalized spacial score (nSPS) is 18.0. The van der Waals surface area contributed by atoms with Gasteiger partial charge in [-0.2, -0.15) is 0 Å². The highest BCUT2D eigenvalue weighted by Crippen LogP contribution is 2.36. The van der Waals surface area contributed by atoms with Gasteiger partial charge < -0.3 is 9.47 Å². The molecule has 0 aliphatic carbocycles. The molecular weight excluding hydrogens is 597 g/mol. The van der Waals surface area contributed by atoms with Gasteiger partial charge in [-0.05, 0) is 72.5 Å². The van der Waals surface area contributed by atoms with Crippen molar-refractivity contribution in [2.45, 2.75) is 32.9 Å². The summed E-state index contributed by atoms with van der Waals surface area (Å²) >= 11 is 16.7. The van der Waals surface area contributed by atoms with Crippen LogP contribution < -0.4 is 0 Å². The minimum absolute atomic E-state index is 0.0638. The predicted molar refractivity (Wildman–Crippen MR) is 153 cm³/mol. The zero-order valence-electron chi connectivity index (χ0n) is 20.0. The second-order valence-electron chi connectivity index (χ2n) is 9.44. The van der Waals surface area contributed by atoms with Gasteiger partial charge in [0.15, 0.2) is 0 Å². The van der Waals surface area contributed by atoms with Crippen LogP contribution in [0.15, 0.2) is 52.0 Å². The number of benzene rings is 2. The smallest absolute Gasteiger partial charge is 0.293 e. The molecule has 0 N–H and O–H groups in total. The number of thioether (sulfide) groups is 1. The number of imide groups is 1. The van der Waals surface area contributed by atoms with Gasteiger partial charge in [0.2, 0.25) is 5.91 Å². The lowest BCUT2D eigenvalue weighted by molar-refractivity contribution is -0.133. The SMILES string of the molecule is CC1CCN(C(=O)Cn2cc(/C=C3\SC(=O)N(Cc4ccc(Cl)cc4Cl)C3=O)c3cc(Br)ccc32)CC1. The highest BCUT2D eigenvalue weighted by atomic mass is 79.9. The highest BCUT2D eigenvalue weighted by molar-refractivity contribution is 9.10. The lowest BCUT2D eigenvalue weighted by atomic mass is 9.99. The third-order valence-electron chi connectivity index (χ3n) is 6.82. The van der Waals surface area contributed by atoms with E-state index < -0.39 is 0 Å². The maximum atomic E-state index is 13.2. The van der Waals surface area contributed by atoms with Gasteiger partial charge in [-0.1, -0.05) is 52.1 Å². The topological polar surface area (TPSA) is 62.6 Å². The fourth-order valence-corrected chi connectivity index (χ4v) is 6.30. The Bertz CT molecular complexity index is 1450. The number of hydrogen-bond donors (Lipinski definition) is 0. The maximum absolute atomic E-state index is 13.2. The standard InChI is InChI=1S/C27H24BrCl2N3O3S/c1-16-6-8-31(9-7-16)25(34)15-32-13-18(21-11-19(28)3-5-23(21)32)10-24-26(35)33(27(36)37-24)14-17-2-4-20(29)12-22(17)30/h2-5,10-13,16H,6-9,14-15H2,1H3/b24-10-. The first-order chi connectivity index (χ1) is 17.7. The van der Waals surface area contributed by atoms with Crippen molar-refractivity contribution in [3.05, 3.63) is 73.1 Å². The number of carbonyl (C=O) groups is 3. The molecule has 10 heteroatoms. The third kappa shape index (κ3) is 5.62. The van der Waals surface area contributed by atoms with E-state index in [4.69, 9.17) is 23.2 Å². The summed E-state index contributed by atoms with van der Waals surface area (Å²) in [6, 6.07) is 10.8. The minimum atomic E-state index is -0.379. The number of carbonyl (C=O) groups excluding carboxylic acids is 3. The van der Waals surface area contributed by atoms with E-state index >= 15 is 0 Å². The molecule has 2 aromatic carbocycles. The number of rotatable bonds is 5. The van der Waals surface area contributed by atoms with E-state index in [2.05, 4.69) is 22.9 Å². The summed E-state index contributed by atoms with van der Waals surface area (Å²) in [7, 11) is 0. The number of aromatic nitrogens is 1. The maximum Gasteiger partial charge on any atom is 0.293 e. The van der Waals surface area contributed by atoms with Crippen molar-refractivity contribution < 1.29 is 14.4 Å². The minimum Gasteiger partial charge on any atom is -0.341 e. The molecule has 0 bridgehead atoms. The molecule has 3 aromatic rings. The first kappa shape index (κ1) is 26.4. The second-order valence-corrected chi connectivity index (χ2v) is 12.2. The first-order valence-corrected chi connectivity index (χ1v) is 14.3. The van der Waals surface area contributed by atoms with Crippen LogP contribution in [0.2, 0.25) is 10.0 Å². The summed E-state index contributed by atoms with van der Waals surface area (Å²) in [6.45, 7) is 4.06. The van der Waals surface area contributed by atoms with Crippen LogP contribution in [0.3, 0.4) is 0 Å². The van der Waals surface area contributed by atoms with Crippen LogP contribution in [0, 0.1) is 5.92 Å². The Morgan fingerprint density at radius 1 is 1.14 bits per heavy atom. The molecule has 3 amide bonds. The average Bonchev–Trinajstić information content (AvgIpc) is 3.32. The molecule has 192 valence electrons. The van der Waals surface area contributed by atoms with Gasteiger partial charge in [0, 0.05) is 50.3 Å². The van der Waals surface area contributed by atoms with Crippen molar-refractivity contribution in [1.82, 2.24) is 14.4 Å². The number of nitrogens with zero attached hydrogens (tertiary/aromatic N) is 3. The highest BCUT2D eigenvalue weighted by Gasteiger charge is 2.35. The van der Waals surface area contributed by atoms with Gasteiger partial charge in [-0.15, -0.1) is 0 Å². The molecule has 5 rings (SSSR count). The molecule has 2 saturated heterocycles. The summed E-state index contributed by atoms with van der Waals surface area (Å²) in [6.07, 6.45) is 5.65. The fourth-order valence-electron chi connectivity index (χ4n) is 4.64. The van der Waals surface area contributed by atoms with E-state index in [-0.39, 0.29) is 30.1 Å². The molecule has 37 heavy (non-hydrogen) atoms. The van der Waals surface area contributed by atoms with Gasteiger partial charge in [-0.25, -0.2) is 0 Å². The summed E-state index contributed by atoms with van der Waals surface area (Å²) in [5.41, 5.74) is 2.30. The molecule has 2 fully saturated rings. The van der Waals surface area contributed by atoms with Crippen LogP contribution in [0.1, 0.15) is 30.9 Å². The predicted octanol–water partition coefficient (Wildman–Crippen LogP) is 7.21. The van der Waals surface area contributed by atoms with Crippen molar-refractivity contribution in [3.63, 3.8) is 0 Å². The van der Waals surface area contributed by atoms with Crippen molar-refractivity contribution in [1.29, 1.82) is 0 Å². The Hall–Kier alpha value is -2.26. The van der Waals surface area contributed by atoms with Gasteiger partial charge in [0.25, 0.3) is 11.1 Å². The number of fused-ring (bicyclic) bond motifs is 1. The van der Waals surface area contributed by atoms with Crippen molar-refractivity contribution in [2.75, 3.05) is 13.1 Å². The van der Waals surface area contributed by atoms with Gasteiger partial charge in [0.05, 0.1) is 11.4 Å². The average molecular weight is 621 g/mol. The fraction of sp³-hybridized carbons (Fsp3) is 0.296. The second kappa shape index (κ2) is 10.8. The lowest BCUT2D eigenvalue weighted by Crippen LogP contribution is -2.39. The zero-order valence-corrected chi connectivity index (χ0v) is 24.0. The van der Waals surface area contributed by atoms with E-state index in [0.717, 1.165) is 58.6 Å². The van der Waals surface area contributed by atoms with Crippen LogP contribution in [-0.2, 0) is 22.7 Å². The van der Waals surface area contributed by atoms with Crippen LogP contribution in [0.25, 0.3) is 17.0 Å².